The summed E-state index contributed by atoms with van der Waals surface area (Å²) in [4.78, 5) is 23.8. The van der Waals surface area contributed by atoms with E-state index in [2.05, 4.69) is 27.8 Å². The van der Waals surface area contributed by atoms with Crippen molar-refractivity contribution in [3.63, 3.8) is 0 Å². The smallest absolute Gasteiger partial charge is 0.410 e. The number of nitrogens with zero attached hydrogens (tertiary/aromatic N) is 4. The summed E-state index contributed by atoms with van der Waals surface area (Å²) in [6.45, 7) is 8.00. The molecule has 3 heterocycles. The number of aryl methyl sites for hydroxylation is 1. The Morgan fingerprint density at radius 1 is 1.03 bits per heavy atom. The first-order chi connectivity index (χ1) is 16.8. The van der Waals surface area contributed by atoms with E-state index in [1.165, 1.54) is 0 Å². The van der Waals surface area contributed by atoms with E-state index < -0.39 is 5.60 Å². The van der Waals surface area contributed by atoms with Gasteiger partial charge in [-0.25, -0.2) is 14.8 Å². The molecule has 0 bridgehead atoms. The van der Waals surface area contributed by atoms with E-state index in [0.29, 0.717) is 11.1 Å². The van der Waals surface area contributed by atoms with Crippen molar-refractivity contribution in [1.29, 1.82) is 0 Å². The lowest BCUT2D eigenvalue weighted by molar-refractivity contribution is 0.0180. The topological polar surface area (TPSA) is 60.2 Å². The minimum absolute atomic E-state index is 0.212. The number of carbonyl (C=O) groups is 1. The van der Waals surface area contributed by atoms with Crippen LogP contribution in [-0.4, -0.2) is 44.2 Å². The minimum Gasteiger partial charge on any atom is -0.444 e. The third kappa shape index (κ3) is 4.98. The zero-order valence-corrected chi connectivity index (χ0v) is 21.3. The predicted molar refractivity (Wildman–Crippen MR) is 141 cm³/mol. The van der Waals surface area contributed by atoms with Crippen molar-refractivity contribution in [3.05, 3.63) is 59.8 Å². The molecule has 1 aliphatic heterocycles. The van der Waals surface area contributed by atoms with E-state index in [-0.39, 0.29) is 6.09 Å². The number of aromatic nitrogens is 3. The van der Waals surface area contributed by atoms with Crippen LogP contribution in [0.15, 0.2) is 54.6 Å². The van der Waals surface area contributed by atoms with Crippen LogP contribution in [0.1, 0.15) is 40.0 Å². The molecule has 35 heavy (non-hydrogen) atoms. The molecule has 0 aliphatic carbocycles. The molecule has 1 saturated heterocycles. The van der Waals surface area contributed by atoms with Gasteiger partial charge in [0.05, 0.1) is 11.0 Å². The lowest BCUT2D eigenvalue weighted by Gasteiger charge is -2.33. The van der Waals surface area contributed by atoms with Crippen molar-refractivity contribution in [2.45, 2.75) is 52.2 Å². The molecule has 6 nitrogen and oxygen atoms in total. The average Bonchev–Trinajstić information content (AvgIpc) is 3.23. The number of hydrogen-bond donors (Lipinski definition) is 0. The Bertz CT molecular complexity index is 1350. The van der Waals surface area contributed by atoms with Gasteiger partial charge in [-0.05, 0) is 52.0 Å². The Balaban J connectivity index is 1.42. The van der Waals surface area contributed by atoms with Gasteiger partial charge in [0.15, 0.2) is 5.15 Å². The molecule has 2 aromatic carbocycles. The first kappa shape index (κ1) is 23.6. The number of benzene rings is 2. The van der Waals surface area contributed by atoms with Gasteiger partial charge in [-0.3, -0.25) is 0 Å². The first-order valence-electron chi connectivity index (χ1n) is 12.3. The van der Waals surface area contributed by atoms with Gasteiger partial charge >= 0.3 is 6.09 Å². The molecule has 1 fully saturated rings. The largest absolute Gasteiger partial charge is 0.444 e. The summed E-state index contributed by atoms with van der Waals surface area (Å²) in [6.07, 6.45) is 2.73. The number of fused-ring (bicyclic) bond motifs is 3. The highest BCUT2D eigenvalue weighted by Crippen LogP contribution is 2.34. The lowest BCUT2D eigenvalue weighted by atomic mass is 9.93. The van der Waals surface area contributed by atoms with Crippen molar-refractivity contribution in [1.82, 2.24) is 19.4 Å². The zero-order chi connectivity index (χ0) is 24.6. The van der Waals surface area contributed by atoms with E-state index in [4.69, 9.17) is 21.3 Å². The molecule has 7 heteroatoms. The number of carbonyl (C=O) groups excluding carboxylic acids is 1. The SMILES string of the molecule is CC(C)(C)OC(=O)N1CCC(CCn2c(-c3ccccc3)nc3c(Cl)nc4ccccc4c32)CC1. The van der Waals surface area contributed by atoms with Gasteiger partial charge in [0.1, 0.15) is 16.9 Å². The molecule has 0 atom stereocenters. The summed E-state index contributed by atoms with van der Waals surface area (Å²) < 4.78 is 7.86. The molecule has 1 aliphatic rings. The standard InChI is InChI=1S/C28H31ClN4O2/c1-28(2,3)35-27(34)32-16-13-19(14-17-32)15-18-33-24-21-11-7-8-12-22(21)30-25(29)23(24)31-26(33)20-9-5-4-6-10-20/h4-12,19H,13-18H2,1-3H3. The molecule has 2 aromatic heterocycles. The molecule has 0 spiro atoms. The number of halogens is 1. The molecule has 0 unspecified atom stereocenters. The van der Waals surface area contributed by atoms with Crippen LogP contribution >= 0.6 is 11.6 Å². The summed E-state index contributed by atoms with van der Waals surface area (Å²) in [5.41, 5.74) is 3.23. The number of imidazole rings is 1. The maximum Gasteiger partial charge on any atom is 0.410 e. The minimum atomic E-state index is -0.469. The van der Waals surface area contributed by atoms with E-state index in [9.17, 15) is 4.79 Å². The monoisotopic (exact) mass is 490 g/mol. The van der Waals surface area contributed by atoms with Crippen LogP contribution < -0.4 is 0 Å². The molecule has 5 rings (SSSR count). The van der Waals surface area contributed by atoms with Crippen LogP contribution in [0.2, 0.25) is 5.15 Å². The van der Waals surface area contributed by atoms with Crippen LogP contribution in [0.25, 0.3) is 33.3 Å². The fraction of sp³-hybridized carbons (Fsp3) is 0.393. The molecule has 0 N–H and O–H groups in total. The quantitative estimate of drug-likeness (QED) is 0.290. The Kier molecular flexibility index (Phi) is 6.41. The Labute approximate surface area is 210 Å². The summed E-state index contributed by atoms with van der Waals surface area (Å²) >= 11 is 6.61. The van der Waals surface area contributed by atoms with Crippen LogP contribution in [0.3, 0.4) is 0 Å². The highest BCUT2D eigenvalue weighted by molar-refractivity contribution is 6.35. The predicted octanol–water partition coefficient (Wildman–Crippen LogP) is 6.94. The third-order valence-electron chi connectivity index (χ3n) is 6.60. The number of piperidine rings is 1. The highest BCUT2D eigenvalue weighted by Gasteiger charge is 2.27. The number of likely N-dealkylation sites (tertiary alicyclic amines) is 1. The van der Waals surface area contributed by atoms with Gasteiger partial charge in [-0.15, -0.1) is 0 Å². The van der Waals surface area contributed by atoms with Crippen LogP contribution in [-0.2, 0) is 11.3 Å². The van der Waals surface area contributed by atoms with Gasteiger partial charge in [0.2, 0.25) is 0 Å². The van der Waals surface area contributed by atoms with Gasteiger partial charge < -0.3 is 14.2 Å². The maximum atomic E-state index is 12.4. The second-order valence-electron chi connectivity index (χ2n) is 10.3. The fourth-order valence-corrected chi connectivity index (χ4v) is 5.09. The van der Waals surface area contributed by atoms with Crippen LogP contribution in [0.5, 0.6) is 0 Å². The summed E-state index contributed by atoms with van der Waals surface area (Å²) in [5, 5.41) is 1.49. The second kappa shape index (κ2) is 9.50. The number of pyridine rings is 1. The lowest BCUT2D eigenvalue weighted by Crippen LogP contribution is -2.41. The average molecular weight is 491 g/mol. The van der Waals surface area contributed by atoms with E-state index >= 15 is 0 Å². The first-order valence-corrected chi connectivity index (χ1v) is 12.7. The summed E-state index contributed by atoms with van der Waals surface area (Å²) in [7, 11) is 0. The van der Waals surface area contributed by atoms with E-state index in [1.807, 2.05) is 62.1 Å². The molecule has 0 saturated carbocycles. The summed E-state index contributed by atoms with van der Waals surface area (Å²) in [5.74, 6) is 1.44. The van der Waals surface area contributed by atoms with Gasteiger partial charge in [-0.1, -0.05) is 60.1 Å². The second-order valence-corrected chi connectivity index (χ2v) is 10.6. The van der Waals surface area contributed by atoms with Crippen molar-refractivity contribution < 1.29 is 9.53 Å². The van der Waals surface area contributed by atoms with Gasteiger partial charge in [0, 0.05) is 30.6 Å². The third-order valence-corrected chi connectivity index (χ3v) is 6.86. The van der Waals surface area contributed by atoms with Crippen molar-refractivity contribution in [2.24, 2.45) is 5.92 Å². The van der Waals surface area contributed by atoms with Crippen molar-refractivity contribution in [3.8, 4) is 11.4 Å². The molecule has 1 amide bonds. The molecular formula is C28H31ClN4O2. The summed E-state index contributed by atoms with van der Waals surface area (Å²) in [6, 6.07) is 18.3. The van der Waals surface area contributed by atoms with E-state index in [0.717, 1.165) is 72.2 Å². The Morgan fingerprint density at radius 2 is 1.71 bits per heavy atom. The molecule has 4 aromatic rings. The normalized spacial score (nSPS) is 15.1. The fourth-order valence-electron chi connectivity index (χ4n) is 4.87. The maximum absolute atomic E-state index is 12.4. The number of amides is 1. The van der Waals surface area contributed by atoms with Crippen LogP contribution in [0.4, 0.5) is 4.79 Å². The van der Waals surface area contributed by atoms with E-state index in [1.54, 1.807) is 0 Å². The zero-order valence-electron chi connectivity index (χ0n) is 20.5. The van der Waals surface area contributed by atoms with Crippen molar-refractivity contribution >= 4 is 39.6 Å². The highest BCUT2D eigenvalue weighted by atomic mass is 35.5. The number of ether oxygens (including phenoxy) is 1. The Morgan fingerprint density at radius 3 is 2.43 bits per heavy atom. The molecule has 182 valence electrons. The molecule has 0 radical (unpaired) electrons. The van der Waals surface area contributed by atoms with Gasteiger partial charge in [0.25, 0.3) is 0 Å². The van der Waals surface area contributed by atoms with Crippen molar-refractivity contribution in [2.75, 3.05) is 13.1 Å². The number of hydrogen-bond acceptors (Lipinski definition) is 4. The number of para-hydroxylation sites is 1. The molecular weight excluding hydrogens is 460 g/mol. The van der Waals surface area contributed by atoms with Gasteiger partial charge in [-0.2, -0.15) is 0 Å². The Hall–Kier alpha value is -3.12. The van der Waals surface area contributed by atoms with Crippen LogP contribution in [0, 0.1) is 5.92 Å². The number of rotatable bonds is 4.